The molecule has 0 spiro atoms. The number of nitrogens with zero attached hydrogens (tertiary/aromatic N) is 3. The SMILES string of the molecule is CCc1ccccc1-n1c(C)cc([C@H]2[C@H](c3ccccn3)NC(=S)N2C)c1C. The lowest BCUT2D eigenvalue weighted by Gasteiger charge is -2.24. The van der Waals surface area contributed by atoms with E-state index < -0.39 is 0 Å². The van der Waals surface area contributed by atoms with Gasteiger partial charge in [0.2, 0.25) is 0 Å². The molecule has 0 unspecified atom stereocenters. The standard InChI is InChI=1S/C23H26N4S/c1-5-17-10-6-7-12-20(17)27-15(2)14-18(16(27)3)22-21(25-23(28)26(22)4)19-11-8-9-13-24-19/h6-14,21-22H,5H2,1-4H3,(H,25,28)/t21-,22-/m0/s1. The van der Waals surface area contributed by atoms with Crippen LogP contribution in [-0.2, 0) is 6.42 Å². The first-order valence-electron chi connectivity index (χ1n) is 9.74. The first-order chi connectivity index (χ1) is 13.5. The third kappa shape index (κ3) is 3.00. The molecule has 0 radical (unpaired) electrons. The smallest absolute Gasteiger partial charge is 0.169 e. The molecule has 0 amide bonds. The van der Waals surface area contributed by atoms with Gasteiger partial charge in [-0.05, 0) is 67.9 Å². The normalized spacial score (nSPS) is 19.1. The van der Waals surface area contributed by atoms with Crippen LogP contribution in [0.4, 0.5) is 0 Å². The molecule has 3 aromatic rings. The third-order valence-corrected chi connectivity index (χ3v) is 6.15. The highest BCUT2D eigenvalue weighted by atomic mass is 32.1. The lowest BCUT2D eigenvalue weighted by atomic mass is 9.97. The molecule has 1 N–H and O–H groups in total. The molecule has 1 aromatic carbocycles. The van der Waals surface area contributed by atoms with Gasteiger partial charge in [-0.2, -0.15) is 0 Å². The van der Waals surface area contributed by atoms with Gasteiger partial charge in [-0.25, -0.2) is 0 Å². The van der Waals surface area contributed by atoms with E-state index in [0.29, 0.717) is 0 Å². The average molecular weight is 391 g/mol. The fourth-order valence-electron chi connectivity index (χ4n) is 4.33. The minimum Gasteiger partial charge on any atom is -0.352 e. The third-order valence-electron chi connectivity index (χ3n) is 5.74. The Morgan fingerprint density at radius 2 is 1.86 bits per heavy atom. The Balaban J connectivity index is 1.84. The zero-order chi connectivity index (χ0) is 19.8. The number of aromatic nitrogens is 2. The number of para-hydroxylation sites is 1. The second-order valence-electron chi connectivity index (χ2n) is 7.38. The van der Waals surface area contributed by atoms with Crippen molar-refractivity contribution in [2.45, 2.75) is 39.3 Å². The van der Waals surface area contributed by atoms with Crippen molar-refractivity contribution in [3.05, 3.63) is 82.9 Å². The molecule has 28 heavy (non-hydrogen) atoms. The predicted octanol–water partition coefficient (Wildman–Crippen LogP) is 4.65. The summed E-state index contributed by atoms with van der Waals surface area (Å²) in [4.78, 5) is 6.75. The average Bonchev–Trinajstić information content (AvgIpc) is 3.17. The summed E-state index contributed by atoms with van der Waals surface area (Å²) in [5, 5.41) is 4.24. The molecule has 1 aliphatic heterocycles. The van der Waals surface area contributed by atoms with E-state index in [1.807, 2.05) is 18.3 Å². The first kappa shape index (κ1) is 18.7. The summed E-state index contributed by atoms with van der Waals surface area (Å²) in [7, 11) is 2.06. The summed E-state index contributed by atoms with van der Waals surface area (Å²) in [6.45, 7) is 6.59. The van der Waals surface area contributed by atoms with Crippen molar-refractivity contribution in [1.82, 2.24) is 19.8 Å². The molecule has 3 heterocycles. The Labute approximate surface area is 172 Å². The number of hydrogen-bond donors (Lipinski definition) is 1. The van der Waals surface area contributed by atoms with Gasteiger partial charge in [0.25, 0.3) is 0 Å². The zero-order valence-electron chi connectivity index (χ0n) is 16.8. The maximum Gasteiger partial charge on any atom is 0.169 e. The molecule has 0 bridgehead atoms. The van der Waals surface area contributed by atoms with Crippen molar-refractivity contribution in [3.8, 4) is 5.69 Å². The van der Waals surface area contributed by atoms with Gasteiger partial charge in [-0.15, -0.1) is 0 Å². The number of likely N-dealkylation sites (N-methyl/N-ethyl adjacent to an activating group) is 1. The van der Waals surface area contributed by atoms with Gasteiger partial charge in [0.1, 0.15) is 0 Å². The zero-order valence-corrected chi connectivity index (χ0v) is 17.6. The van der Waals surface area contributed by atoms with Crippen LogP contribution in [0.15, 0.2) is 54.7 Å². The van der Waals surface area contributed by atoms with Gasteiger partial charge in [-0.3, -0.25) is 4.98 Å². The molecule has 2 aromatic heterocycles. The highest BCUT2D eigenvalue weighted by molar-refractivity contribution is 7.80. The van der Waals surface area contributed by atoms with Crippen molar-refractivity contribution in [1.29, 1.82) is 0 Å². The van der Waals surface area contributed by atoms with Crippen LogP contribution in [0, 0.1) is 13.8 Å². The minimum atomic E-state index is 0.0362. The number of aryl methyl sites for hydroxylation is 2. The van der Waals surface area contributed by atoms with Gasteiger partial charge in [-0.1, -0.05) is 31.2 Å². The lowest BCUT2D eigenvalue weighted by Crippen LogP contribution is -2.25. The number of rotatable bonds is 4. The van der Waals surface area contributed by atoms with E-state index in [1.54, 1.807) is 0 Å². The molecule has 0 saturated carbocycles. The van der Waals surface area contributed by atoms with Crippen LogP contribution in [0.3, 0.4) is 0 Å². The highest BCUT2D eigenvalue weighted by Gasteiger charge is 2.39. The van der Waals surface area contributed by atoms with E-state index in [4.69, 9.17) is 12.2 Å². The Morgan fingerprint density at radius 1 is 1.11 bits per heavy atom. The lowest BCUT2D eigenvalue weighted by molar-refractivity contribution is 0.367. The molecule has 5 heteroatoms. The van der Waals surface area contributed by atoms with Crippen molar-refractivity contribution in [2.75, 3.05) is 7.05 Å². The molecule has 0 aliphatic carbocycles. The van der Waals surface area contributed by atoms with Crippen LogP contribution in [0.2, 0.25) is 0 Å². The van der Waals surface area contributed by atoms with Gasteiger partial charge >= 0.3 is 0 Å². The van der Waals surface area contributed by atoms with E-state index in [2.05, 4.69) is 84.0 Å². The van der Waals surface area contributed by atoms with Gasteiger partial charge in [0.15, 0.2) is 5.11 Å². The van der Waals surface area contributed by atoms with Crippen molar-refractivity contribution in [2.24, 2.45) is 0 Å². The van der Waals surface area contributed by atoms with E-state index in [1.165, 1.54) is 28.2 Å². The van der Waals surface area contributed by atoms with Crippen molar-refractivity contribution in [3.63, 3.8) is 0 Å². The predicted molar refractivity (Wildman–Crippen MR) is 118 cm³/mol. The quantitative estimate of drug-likeness (QED) is 0.657. The fraction of sp³-hybridized carbons (Fsp3) is 0.304. The molecule has 2 atom stereocenters. The van der Waals surface area contributed by atoms with Crippen LogP contribution in [0.1, 0.15) is 47.2 Å². The number of thiocarbonyl (C=S) groups is 1. The highest BCUT2D eigenvalue weighted by Crippen LogP contribution is 2.40. The molecule has 4 rings (SSSR count). The Hall–Kier alpha value is -2.66. The first-order valence-corrected chi connectivity index (χ1v) is 10.1. The van der Waals surface area contributed by atoms with E-state index in [0.717, 1.165) is 17.2 Å². The maximum atomic E-state index is 5.59. The van der Waals surface area contributed by atoms with E-state index in [-0.39, 0.29) is 12.1 Å². The summed E-state index contributed by atoms with van der Waals surface area (Å²) in [6.07, 6.45) is 2.85. The number of benzene rings is 1. The van der Waals surface area contributed by atoms with Crippen molar-refractivity contribution >= 4 is 17.3 Å². The molecular weight excluding hydrogens is 364 g/mol. The van der Waals surface area contributed by atoms with Crippen LogP contribution in [0.5, 0.6) is 0 Å². The van der Waals surface area contributed by atoms with Crippen LogP contribution >= 0.6 is 12.2 Å². The largest absolute Gasteiger partial charge is 0.352 e. The molecule has 144 valence electrons. The molecular formula is C23H26N4S. The second-order valence-corrected chi connectivity index (χ2v) is 7.77. The fourth-order valence-corrected chi connectivity index (χ4v) is 4.57. The van der Waals surface area contributed by atoms with Gasteiger partial charge < -0.3 is 14.8 Å². The summed E-state index contributed by atoms with van der Waals surface area (Å²) >= 11 is 5.59. The van der Waals surface area contributed by atoms with Crippen molar-refractivity contribution < 1.29 is 0 Å². The maximum absolute atomic E-state index is 5.59. The Morgan fingerprint density at radius 3 is 2.57 bits per heavy atom. The topological polar surface area (TPSA) is 33.1 Å². The molecule has 1 saturated heterocycles. The summed E-state index contributed by atoms with van der Waals surface area (Å²) in [5.74, 6) is 0. The van der Waals surface area contributed by atoms with Crippen LogP contribution in [0.25, 0.3) is 5.69 Å². The number of pyridine rings is 1. The van der Waals surface area contributed by atoms with E-state index >= 15 is 0 Å². The molecule has 4 nitrogen and oxygen atoms in total. The second kappa shape index (κ2) is 7.40. The Kier molecular flexibility index (Phi) is 4.94. The van der Waals surface area contributed by atoms with E-state index in [9.17, 15) is 0 Å². The van der Waals surface area contributed by atoms with Gasteiger partial charge in [0, 0.05) is 30.3 Å². The number of nitrogens with one attached hydrogen (secondary N) is 1. The summed E-state index contributed by atoms with van der Waals surface area (Å²) < 4.78 is 2.37. The monoisotopic (exact) mass is 390 g/mol. The van der Waals surface area contributed by atoms with Crippen LogP contribution < -0.4 is 5.32 Å². The van der Waals surface area contributed by atoms with Crippen LogP contribution in [-0.4, -0.2) is 26.6 Å². The Bertz CT molecular complexity index is 1010. The molecule has 1 aliphatic rings. The van der Waals surface area contributed by atoms with Gasteiger partial charge in [0.05, 0.1) is 17.8 Å². The minimum absolute atomic E-state index is 0.0362. The molecule has 1 fully saturated rings. The summed E-state index contributed by atoms with van der Waals surface area (Å²) in [6, 6.07) is 17.1. The number of hydrogen-bond acceptors (Lipinski definition) is 2. The summed E-state index contributed by atoms with van der Waals surface area (Å²) in [5.41, 5.74) is 7.40.